The lowest BCUT2D eigenvalue weighted by Gasteiger charge is -2.40. The van der Waals surface area contributed by atoms with Gasteiger partial charge in [0, 0.05) is 17.3 Å². The van der Waals surface area contributed by atoms with Crippen LogP contribution in [0.2, 0.25) is 0 Å². The number of carbonyl (C=O) groups excluding carboxylic acids is 1. The quantitative estimate of drug-likeness (QED) is 0.682. The van der Waals surface area contributed by atoms with Gasteiger partial charge in [0.25, 0.3) is 0 Å². The highest BCUT2D eigenvalue weighted by Crippen LogP contribution is 2.42. The van der Waals surface area contributed by atoms with E-state index in [2.05, 4.69) is 16.9 Å². The molecule has 0 aliphatic heterocycles. The van der Waals surface area contributed by atoms with Crippen molar-refractivity contribution in [3.05, 3.63) is 0 Å². The normalized spacial score (nSPS) is 28.0. The third kappa shape index (κ3) is 4.28. The van der Waals surface area contributed by atoms with Crippen molar-refractivity contribution in [2.24, 2.45) is 5.92 Å². The van der Waals surface area contributed by atoms with E-state index in [-0.39, 0.29) is 16.8 Å². The zero-order chi connectivity index (χ0) is 15.3. The topological polar surface area (TPSA) is 78.4 Å². The number of urea groups is 1. The number of carboxylic acid groups (broad SMARTS) is 1. The molecular formula is C15H26N2O3S. The van der Waals surface area contributed by atoms with Gasteiger partial charge in [-0.1, -0.05) is 25.7 Å². The summed E-state index contributed by atoms with van der Waals surface area (Å²) in [5.41, 5.74) is 0. The molecule has 0 saturated heterocycles. The molecule has 2 unspecified atom stereocenters. The van der Waals surface area contributed by atoms with Crippen LogP contribution in [0.4, 0.5) is 4.79 Å². The summed E-state index contributed by atoms with van der Waals surface area (Å²) in [5, 5.41) is 15.2. The fraction of sp³-hybridized carbons (Fsp3) is 0.867. The summed E-state index contributed by atoms with van der Waals surface area (Å²) in [5.74, 6) is -1.24. The molecule has 0 spiro atoms. The molecule has 21 heavy (non-hydrogen) atoms. The Balaban J connectivity index is 1.83. The summed E-state index contributed by atoms with van der Waals surface area (Å²) in [6, 6.07) is -0.454. The highest BCUT2D eigenvalue weighted by atomic mass is 32.2. The Morgan fingerprint density at radius 2 is 1.90 bits per heavy atom. The first-order chi connectivity index (χ1) is 10.1. The van der Waals surface area contributed by atoms with Crippen molar-refractivity contribution in [1.29, 1.82) is 0 Å². The maximum Gasteiger partial charge on any atom is 0.315 e. The van der Waals surface area contributed by atoms with Crippen LogP contribution in [0.3, 0.4) is 0 Å². The minimum absolute atomic E-state index is 0.201. The van der Waals surface area contributed by atoms with Crippen LogP contribution >= 0.6 is 11.8 Å². The predicted octanol–water partition coefficient (Wildman–Crippen LogP) is 2.60. The van der Waals surface area contributed by atoms with E-state index < -0.39 is 11.9 Å². The zero-order valence-corrected chi connectivity index (χ0v) is 13.5. The molecule has 120 valence electrons. The van der Waals surface area contributed by atoms with E-state index in [0.29, 0.717) is 13.0 Å². The van der Waals surface area contributed by atoms with Crippen LogP contribution in [0.5, 0.6) is 0 Å². The second-order valence-corrected chi connectivity index (χ2v) is 7.53. The van der Waals surface area contributed by atoms with Crippen molar-refractivity contribution in [3.63, 3.8) is 0 Å². The van der Waals surface area contributed by atoms with Crippen LogP contribution in [0.25, 0.3) is 0 Å². The second kappa shape index (κ2) is 7.38. The molecule has 2 saturated carbocycles. The number of hydrogen-bond acceptors (Lipinski definition) is 3. The highest BCUT2D eigenvalue weighted by molar-refractivity contribution is 8.00. The summed E-state index contributed by atoms with van der Waals surface area (Å²) in [6.45, 7) is 0.671. The third-order valence-electron chi connectivity index (χ3n) is 4.92. The maximum absolute atomic E-state index is 12.1. The molecule has 0 heterocycles. The maximum atomic E-state index is 12.1. The van der Waals surface area contributed by atoms with Crippen molar-refractivity contribution in [2.75, 3.05) is 12.8 Å². The lowest BCUT2D eigenvalue weighted by atomic mass is 9.84. The van der Waals surface area contributed by atoms with Gasteiger partial charge in [0.05, 0.1) is 5.92 Å². The highest BCUT2D eigenvalue weighted by Gasteiger charge is 2.37. The van der Waals surface area contributed by atoms with E-state index >= 15 is 0 Å². The summed E-state index contributed by atoms with van der Waals surface area (Å²) in [7, 11) is 0. The third-order valence-corrected chi connectivity index (χ3v) is 6.34. The van der Waals surface area contributed by atoms with Crippen molar-refractivity contribution in [2.45, 2.75) is 62.2 Å². The number of rotatable bonds is 5. The molecule has 5 nitrogen and oxygen atoms in total. The molecule has 0 bridgehead atoms. The molecular weight excluding hydrogens is 288 g/mol. The molecule has 3 N–H and O–H groups in total. The average molecular weight is 314 g/mol. The van der Waals surface area contributed by atoms with Gasteiger partial charge >= 0.3 is 12.0 Å². The molecule has 2 fully saturated rings. The second-order valence-electron chi connectivity index (χ2n) is 6.26. The molecule has 2 atom stereocenters. The molecule has 6 heteroatoms. The number of hydrogen-bond donors (Lipinski definition) is 3. The van der Waals surface area contributed by atoms with Crippen molar-refractivity contribution < 1.29 is 14.7 Å². The van der Waals surface area contributed by atoms with Gasteiger partial charge in [-0.25, -0.2) is 4.79 Å². The fourth-order valence-corrected chi connectivity index (χ4v) is 4.17. The van der Waals surface area contributed by atoms with E-state index in [1.54, 1.807) is 0 Å². The summed E-state index contributed by atoms with van der Waals surface area (Å²) in [6.07, 6.45) is 10.0. The Kier molecular flexibility index (Phi) is 5.79. The molecule has 0 aromatic carbocycles. The van der Waals surface area contributed by atoms with Gasteiger partial charge in [0.2, 0.25) is 0 Å². The zero-order valence-electron chi connectivity index (χ0n) is 12.7. The smallest absolute Gasteiger partial charge is 0.315 e. The van der Waals surface area contributed by atoms with Gasteiger partial charge < -0.3 is 15.7 Å². The minimum Gasteiger partial charge on any atom is -0.481 e. The Labute approximate surface area is 130 Å². The van der Waals surface area contributed by atoms with Crippen LogP contribution in [0, 0.1) is 5.92 Å². The first-order valence-corrected chi connectivity index (χ1v) is 9.11. The van der Waals surface area contributed by atoms with E-state index in [1.165, 1.54) is 6.42 Å². The van der Waals surface area contributed by atoms with Gasteiger partial charge in [-0.05, 0) is 31.9 Å². The largest absolute Gasteiger partial charge is 0.481 e. The number of thioether (sulfide) groups is 1. The average Bonchev–Trinajstić information content (AvgIpc) is 2.63. The van der Waals surface area contributed by atoms with Crippen LogP contribution < -0.4 is 10.6 Å². The Bertz CT molecular complexity index is 380. The molecule has 0 aromatic heterocycles. The first-order valence-electron chi connectivity index (χ1n) is 7.89. The Morgan fingerprint density at radius 3 is 2.48 bits per heavy atom. The molecule has 2 aliphatic rings. The summed E-state index contributed by atoms with van der Waals surface area (Å²) >= 11 is 1.82. The van der Waals surface area contributed by atoms with Crippen molar-refractivity contribution >= 4 is 23.8 Å². The molecule has 2 aliphatic carbocycles. The molecule has 0 aromatic rings. The SMILES string of the molecule is CSC1(CNC(=O)NC2CCCCCC2C(=O)O)CCC1. The number of carboxylic acids is 1. The van der Waals surface area contributed by atoms with Crippen molar-refractivity contribution in [3.8, 4) is 0 Å². The van der Waals surface area contributed by atoms with E-state index in [1.807, 2.05) is 11.8 Å². The number of aliphatic carboxylic acids is 1. The molecule has 0 radical (unpaired) electrons. The van der Waals surface area contributed by atoms with Crippen LogP contribution in [0.1, 0.15) is 51.4 Å². The standard InChI is InChI=1S/C15H26N2O3S/c1-21-15(8-5-9-15)10-16-14(20)17-12-7-4-2-3-6-11(12)13(18)19/h11-12H,2-10H2,1H3,(H,18,19)(H2,16,17,20). The lowest BCUT2D eigenvalue weighted by molar-refractivity contribution is -0.142. The van der Waals surface area contributed by atoms with Gasteiger partial charge in [-0.3, -0.25) is 4.79 Å². The number of carbonyl (C=O) groups is 2. The Morgan fingerprint density at radius 1 is 1.19 bits per heavy atom. The summed E-state index contributed by atoms with van der Waals surface area (Å²) < 4.78 is 0.201. The van der Waals surface area contributed by atoms with Crippen LogP contribution in [0.15, 0.2) is 0 Å². The van der Waals surface area contributed by atoms with Gasteiger partial charge in [0.15, 0.2) is 0 Å². The number of amides is 2. The summed E-state index contributed by atoms with van der Waals surface area (Å²) in [4.78, 5) is 23.4. The van der Waals surface area contributed by atoms with Crippen molar-refractivity contribution in [1.82, 2.24) is 10.6 Å². The van der Waals surface area contributed by atoms with Gasteiger partial charge in [-0.2, -0.15) is 11.8 Å². The van der Waals surface area contributed by atoms with E-state index in [0.717, 1.165) is 38.5 Å². The molecule has 2 rings (SSSR count). The monoisotopic (exact) mass is 314 g/mol. The lowest BCUT2D eigenvalue weighted by Crippen LogP contribution is -2.52. The van der Waals surface area contributed by atoms with Gasteiger partial charge in [0.1, 0.15) is 0 Å². The van der Waals surface area contributed by atoms with E-state index in [9.17, 15) is 14.7 Å². The fourth-order valence-electron chi connectivity index (χ4n) is 3.26. The van der Waals surface area contributed by atoms with Crippen LogP contribution in [-0.4, -0.2) is 40.7 Å². The van der Waals surface area contributed by atoms with Gasteiger partial charge in [-0.15, -0.1) is 0 Å². The predicted molar refractivity (Wildman–Crippen MR) is 84.6 cm³/mol. The van der Waals surface area contributed by atoms with Crippen LogP contribution in [-0.2, 0) is 4.79 Å². The first kappa shape index (κ1) is 16.5. The number of nitrogens with one attached hydrogen (secondary N) is 2. The minimum atomic E-state index is -0.790. The molecule has 2 amide bonds. The van der Waals surface area contributed by atoms with E-state index in [4.69, 9.17) is 0 Å². The Hall–Kier alpha value is -0.910.